The molecule has 1 fully saturated rings. The number of hydrogen-bond donors (Lipinski definition) is 1. The molecule has 0 aromatic carbocycles. The van der Waals surface area contributed by atoms with E-state index < -0.39 is 0 Å². The van der Waals surface area contributed by atoms with Crippen molar-refractivity contribution in [3.05, 3.63) is 79.9 Å². The van der Waals surface area contributed by atoms with Gasteiger partial charge in [-0.1, -0.05) is 6.07 Å². The smallest absolute Gasteiger partial charge is 0.255 e. The molecule has 2 aliphatic rings. The molecular weight excluding hydrogens is 410 g/mol. The number of rotatable bonds is 4. The number of likely N-dealkylation sites (tertiary alicyclic amines) is 1. The van der Waals surface area contributed by atoms with Crippen molar-refractivity contribution in [3.63, 3.8) is 0 Å². The first kappa shape index (κ1) is 20.1. The monoisotopic (exact) mass is 435 g/mol. The molecule has 0 radical (unpaired) electrons. The minimum Gasteiger partial charge on any atom is -0.338 e. The third-order valence-electron chi connectivity index (χ3n) is 6.13. The van der Waals surface area contributed by atoms with Crippen LogP contribution in [0.2, 0.25) is 0 Å². The zero-order chi connectivity index (χ0) is 21.2. The molecule has 8 heteroatoms. The summed E-state index contributed by atoms with van der Waals surface area (Å²) in [6.07, 6.45) is 5.86. The van der Waals surface area contributed by atoms with Crippen molar-refractivity contribution >= 4 is 17.2 Å². The molecule has 3 aromatic heterocycles. The maximum Gasteiger partial charge on any atom is 0.255 e. The predicted octanol–water partition coefficient (Wildman–Crippen LogP) is 2.80. The molecule has 31 heavy (non-hydrogen) atoms. The topological polar surface area (TPSA) is 82.2 Å². The third-order valence-corrected chi connectivity index (χ3v) is 6.99. The number of piperidine rings is 1. The molecule has 1 saturated heterocycles. The van der Waals surface area contributed by atoms with Gasteiger partial charge in [-0.15, -0.1) is 11.3 Å². The minimum atomic E-state index is -0.0356. The van der Waals surface area contributed by atoms with E-state index in [-0.39, 0.29) is 17.4 Å². The summed E-state index contributed by atoms with van der Waals surface area (Å²) in [7, 11) is 0. The normalized spacial score (nSPS) is 19.2. The number of aromatic amines is 1. The molecule has 0 bridgehead atoms. The van der Waals surface area contributed by atoms with E-state index in [4.69, 9.17) is 4.98 Å². The van der Waals surface area contributed by atoms with Crippen molar-refractivity contribution in [2.45, 2.75) is 38.3 Å². The molecular formula is C23H25N5O2S. The molecule has 7 nitrogen and oxygen atoms in total. The quantitative estimate of drug-likeness (QED) is 0.682. The molecule has 5 rings (SSSR count). The largest absolute Gasteiger partial charge is 0.338 e. The van der Waals surface area contributed by atoms with Crippen molar-refractivity contribution in [2.75, 3.05) is 19.6 Å². The molecule has 1 amide bonds. The number of carbonyl (C=O) groups is 1. The fourth-order valence-electron chi connectivity index (χ4n) is 4.51. The van der Waals surface area contributed by atoms with Gasteiger partial charge in [0, 0.05) is 62.3 Å². The van der Waals surface area contributed by atoms with E-state index in [0.29, 0.717) is 18.7 Å². The number of fused-ring (bicyclic) bond motifs is 1. The van der Waals surface area contributed by atoms with Crippen LogP contribution >= 0.6 is 11.3 Å². The van der Waals surface area contributed by atoms with Gasteiger partial charge in [0.05, 0.1) is 16.8 Å². The number of pyridine rings is 1. The highest BCUT2D eigenvalue weighted by molar-refractivity contribution is 7.09. The number of amides is 1. The number of aromatic nitrogens is 3. The number of hydrogen-bond acceptors (Lipinski definition) is 6. The molecule has 3 aromatic rings. The highest BCUT2D eigenvalue weighted by Crippen LogP contribution is 2.26. The highest BCUT2D eigenvalue weighted by Gasteiger charge is 2.29. The molecule has 1 N–H and O–H groups in total. The van der Waals surface area contributed by atoms with Gasteiger partial charge in [0.1, 0.15) is 5.82 Å². The van der Waals surface area contributed by atoms with Crippen LogP contribution in [0.4, 0.5) is 0 Å². The Balaban J connectivity index is 1.32. The molecule has 0 unspecified atom stereocenters. The van der Waals surface area contributed by atoms with Crippen molar-refractivity contribution < 1.29 is 4.79 Å². The van der Waals surface area contributed by atoms with Crippen LogP contribution in [0.1, 0.15) is 51.1 Å². The lowest BCUT2D eigenvalue weighted by Crippen LogP contribution is -2.41. The number of carbonyl (C=O) groups excluding carboxylic acids is 1. The van der Waals surface area contributed by atoms with Crippen LogP contribution in [-0.2, 0) is 19.5 Å². The second kappa shape index (κ2) is 8.72. The lowest BCUT2D eigenvalue weighted by atomic mass is 9.96. The van der Waals surface area contributed by atoms with Crippen molar-refractivity contribution in [2.24, 2.45) is 0 Å². The van der Waals surface area contributed by atoms with Crippen molar-refractivity contribution in [1.82, 2.24) is 24.8 Å². The van der Waals surface area contributed by atoms with Crippen LogP contribution in [0.15, 0.2) is 46.8 Å². The fourth-order valence-corrected chi connectivity index (χ4v) is 5.25. The van der Waals surface area contributed by atoms with Crippen molar-refractivity contribution in [1.29, 1.82) is 0 Å². The zero-order valence-corrected chi connectivity index (χ0v) is 18.1. The molecule has 0 aliphatic carbocycles. The Morgan fingerprint density at radius 1 is 1.26 bits per heavy atom. The Hall–Kier alpha value is -2.84. The number of nitrogens with one attached hydrogen (secondary N) is 1. The Morgan fingerprint density at radius 2 is 2.19 bits per heavy atom. The van der Waals surface area contributed by atoms with E-state index in [2.05, 4.69) is 32.4 Å². The summed E-state index contributed by atoms with van der Waals surface area (Å²) < 4.78 is 0. The predicted molar refractivity (Wildman–Crippen MR) is 119 cm³/mol. The summed E-state index contributed by atoms with van der Waals surface area (Å²) >= 11 is 1.74. The molecule has 0 saturated carbocycles. The fraction of sp³-hybridized carbons (Fsp3) is 0.391. The number of thiophene rings is 1. The maximum atomic E-state index is 12.9. The van der Waals surface area contributed by atoms with E-state index in [1.54, 1.807) is 35.9 Å². The summed E-state index contributed by atoms with van der Waals surface area (Å²) in [6.45, 7) is 3.69. The summed E-state index contributed by atoms with van der Waals surface area (Å²) in [4.78, 5) is 43.2. The number of nitrogens with zero attached hydrogens (tertiary/aromatic N) is 4. The van der Waals surface area contributed by atoms with Crippen LogP contribution in [0, 0.1) is 0 Å². The number of H-pyrrole nitrogens is 1. The standard InChI is InChI=1S/C23H25N5O2S/c29-22-19-15-27(14-18-6-3-11-31-18)10-7-20(19)25-21(26-22)17-5-2-9-28(13-17)23(30)16-4-1-8-24-12-16/h1,3-4,6,8,11-12,17H,2,5,7,9-10,13-15H2,(H,25,26,29)/t17-/m1/s1. The Bertz CT molecular complexity index is 1110. The molecule has 2 aliphatic heterocycles. The summed E-state index contributed by atoms with van der Waals surface area (Å²) in [6, 6.07) is 7.76. The van der Waals surface area contributed by atoms with Crippen LogP contribution < -0.4 is 5.56 Å². The van der Waals surface area contributed by atoms with Gasteiger partial charge in [0.15, 0.2) is 0 Å². The van der Waals surface area contributed by atoms with Crippen LogP contribution in [0.5, 0.6) is 0 Å². The van der Waals surface area contributed by atoms with Crippen LogP contribution in [0.25, 0.3) is 0 Å². The molecule has 0 spiro atoms. The van der Waals surface area contributed by atoms with E-state index in [9.17, 15) is 9.59 Å². The van der Waals surface area contributed by atoms with Gasteiger partial charge in [-0.05, 0) is 36.4 Å². The Labute approximate surface area is 184 Å². The van der Waals surface area contributed by atoms with Gasteiger partial charge in [-0.3, -0.25) is 19.5 Å². The van der Waals surface area contributed by atoms with E-state index >= 15 is 0 Å². The van der Waals surface area contributed by atoms with Crippen LogP contribution in [0.3, 0.4) is 0 Å². The van der Waals surface area contributed by atoms with Gasteiger partial charge in [0.25, 0.3) is 11.5 Å². The van der Waals surface area contributed by atoms with Gasteiger partial charge in [-0.25, -0.2) is 4.98 Å². The van der Waals surface area contributed by atoms with E-state index in [1.165, 1.54) is 4.88 Å². The van der Waals surface area contributed by atoms with Gasteiger partial charge in [0.2, 0.25) is 0 Å². The van der Waals surface area contributed by atoms with Crippen LogP contribution in [-0.4, -0.2) is 50.3 Å². The zero-order valence-electron chi connectivity index (χ0n) is 17.3. The van der Waals surface area contributed by atoms with Gasteiger partial charge >= 0.3 is 0 Å². The van der Waals surface area contributed by atoms with E-state index in [0.717, 1.165) is 56.0 Å². The average molecular weight is 436 g/mol. The lowest BCUT2D eigenvalue weighted by molar-refractivity contribution is 0.0704. The maximum absolute atomic E-state index is 12.9. The van der Waals surface area contributed by atoms with Gasteiger partial charge < -0.3 is 9.88 Å². The second-order valence-electron chi connectivity index (χ2n) is 8.25. The summed E-state index contributed by atoms with van der Waals surface area (Å²) in [5, 5.41) is 2.08. The third kappa shape index (κ3) is 4.31. The first-order chi connectivity index (χ1) is 15.2. The molecule has 1 atom stereocenters. The second-order valence-corrected chi connectivity index (χ2v) is 9.28. The molecule has 5 heterocycles. The Kier molecular flexibility index (Phi) is 5.65. The summed E-state index contributed by atoms with van der Waals surface area (Å²) in [5.74, 6) is 0.762. The molecule has 160 valence electrons. The lowest BCUT2D eigenvalue weighted by Gasteiger charge is -2.33. The SMILES string of the molecule is O=C(c1cccnc1)N1CCC[C@@H](c2nc3c(c(=O)[nH]2)CN(Cc2cccs2)CC3)C1. The average Bonchev–Trinajstić information content (AvgIpc) is 3.32. The Morgan fingerprint density at radius 3 is 3.00 bits per heavy atom. The minimum absolute atomic E-state index is 0.0117. The summed E-state index contributed by atoms with van der Waals surface area (Å²) in [5.41, 5.74) is 2.26. The van der Waals surface area contributed by atoms with Crippen molar-refractivity contribution in [3.8, 4) is 0 Å². The first-order valence-electron chi connectivity index (χ1n) is 10.7. The van der Waals surface area contributed by atoms with Gasteiger partial charge in [-0.2, -0.15) is 0 Å². The highest BCUT2D eigenvalue weighted by atomic mass is 32.1. The van der Waals surface area contributed by atoms with E-state index in [1.807, 2.05) is 4.90 Å². The first-order valence-corrected chi connectivity index (χ1v) is 11.6.